The molecule has 0 bridgehead atoms. The van der Waals surface area contributed by atoms with E-state index in [2.05, 4.69) is 11.4 Å². The van der Waals surface area contributed by atoms with Gasteiger partial charge in [-0.05, 0) is 60.5 Å². The minimum Gasteiger partial charge on any atom is -0.497 e. The molecule has 0 unspecified atom stereocenters. The number of piperidine rings is 1. The first-order chi connectivity index (χ1) is 12.0. The Hall–Kier alpha value is -1.41. The molecule has 7 heteroatoms. The lowest BCUT2D eigenvalue weighted by Gasteiger charge is -2.43. The van der Waals surface area contributed by atoms with Gasteiger partial charge in [-0.1, -0.05) is 0 Å². The topological polar surface area (TPSA) is 55.8 Å². The van der Waals surface area contributed by atoms with E-state index in [1.165, 1.54) is 10.4 Å². The van der Waals surface area contributed by atoms with Crippen molar-refractivity contribution in [3.05, 3.63) is 46.2 Å². The van der Waals surface area contributed by atoms with Crippen molar-refractivity contribution in [2.24, 2.45) is 0 Å². The van der Waals surface area contributed by atoms with E-state index in [4.69, 9.17) is 9.47 Å². The van der Waals surface area contributed by atoms with E-state index >= 15 is 0 Å². The van der Waals surface area contributed by atoms with Crippen molar-refractivity contribution in [2.45, 2.75) is 29.8 Å². The Bertz CT molecular complexity index is 849. The molecule has 3 heterocycles. The van der Waals surface area contributed by atoms with Crippen molar-refractivity contribution < 1.29 is 17.9 Å². The summed E-state index contributed by atoms with van der Waals surface area (Å²) in [5.41, 5.74) is 1.07. The number of fused-ring (bicyclic) bond motifs is 2. The zero-order valence-electron chi connectivity index (χ0n) is 14.1. The molecule has 5 nitrogen and oxygen atoms in total. The zero-order chi connectivity index (χ0) is 17.5. The third-order valence-electron chi connectivity index (χ3n) is 5.14. The summed E-state index contributed by atoms with van der Waals surface area (Å²) in [5.74, 6) is 0.650. The van der Waals surface area contributed by atoms with Crippen molar-refractivity contribution in [2.75, 3.05) is 26.8 Å². The van der Waals surface area contributed by atoms with Crippen LogP contribution in [-0.2, 0) is 26.8 Å². The van der Waals surface area contributed by atoms with Crippen LogP contribution < -0.4 is 4.74 Å². The van der Waals surface area contributed by atoms with E-state index in [1.807, 2.05) is 0 Å². The first kappa shape index (κ1) is 17.0. The van der Waals surface area contributed by atoms with Gasteiger partial charge in [-0.25, -0.2) is 8.42 Å². The molecule has 1 fully saturated rings. The summed E-state index contributed by atoms with van der Waals surface area (Å²) in [5, 5.41) is 2.11. The monoisotopic (exact) mass is 379 g/mol. The average Bonchev–Trinajstić information content (AvgIpc) is 3.13. The van der Waals surface area contributed by atoms with E-state index in [1.54, 1.807) is 47.0 Å². The predicted octanol–water partition coefficient (Wildman–Crippen LogP) is 3.01. The number of sulfonamides is 1. The average molecular weight is 380 g/mol. The highest BCUT2D eigenvalue weighted by atomic mass is 32.2. The van der Waals surface area contributed by atoms with Crippen LogP contribution in [0.5, 0.6) is 5.75 Å². The largest absolute Gasteiger partial charge is 0.497 e. The van der Waals surface area contributed by atoms with Gasteiger partial charge in [-0.3, -0.25) is 0 Å². The molecule has 0 N–H and O–H groups in total. The molecule has 0 atom stereocenters. The molecule has 2 aliphatic rings. The lowest BCUT2D eigenvalue weighted by atomic mass is 9.86. The molecule has 25 heavy (non-hydrogen) atoms. The molecule has 1 spiro atoms. The Morgan fingerprint density at radius 3 is 2.56 bits per heavy atom. The number of rotatable bonds is 3. The number of thiophene rings is 1. The number of methoxy groups -OCH3 is 1. The molecule has 1 aromatic carbocycles. The van der Waals surface area contributed by atoms with Crippen LogP contribution >= 0.6 is 11.3 Å². The third kappa shape index (κ3) is 2.89. The van der Waals surface area contributed by atoms with Gasteiger partial charge in [0.15, 0.2) is 0 Å². The molecule has 0 radical (unpaired) electrons. The van der Waals surface area contributed by atoms with Gasteiger partial charge in [0.2, 0.25) is 10.0 Å². The maximum atomic E-state index is 12.9. The second-order valence-corrected chi connectivity index (χ2v) is 9.30. The molecule has 2 aliphatic heterocycles. The van der Waals surface area contributed by atoms with Crippen LogP contribution in [0.3, 0.4) is 0 Å². The summed E-state index contributed by atoms with van der Waals surface area (Å²) >= 11 is 1.73. The summed E-state index contributed by atoms with van der Waals surface area (Å²) in [7, 11) is -1.91. The highest BCUT2D eigenvalue weighted by Gasteiger charge is 2.44. The Labute approximate surface area is 152 Å². The van der Waals surface area contributed by atoms with Gasteiger partial charge in [0.05, 0.1) is 18.6 Å². The molecular weight excluding hydrogens is 358 g/mol. The van der Waals surface area contributed by atoms with Gasteiger partial charge in [0, 0.05) is 18.0 Å². The first-order valence-corrected chi connectivity index (χ1v) is 10.7. The van der Waals surface area contributed by atoms with Gasteiger partial charge in [0.25, 0.3) is 0 Å². The summed E-state index contributed by atoms with van der Waals surface area (Å²) < 4.78 is 38.6. The van der Waals surface area contributed by atoms with Crippen molar-refractivity contribution >= 4 is 21.4 Å². The van der Waals surface area contributed by atoms with Crippen LogP contribution in [0.2, 0.25) is 0 Å². The van der Waals surface area contributed by atoms with E-state index in [0.29, 0.717) is 36.6 Å². The van der Waals surface area contributed by atoms with Crippen LogP contribution in [0.25, 0.3) is 0 Å². The van der Waals surface area contributed by atoms with Crippen LogP contribution in [0.15, 0.2) is 40.6 Å². The lowest BCUT2D eigenvalue weighted by molar-refractivity contribution is -0.0861. The van der Waals surface area contributed by atoms with Gasteiger partial charge in [-0.2, -0.15) is 4.31 Å². The van der Waals surface area contributed by atoms with E-state index in [0.717, 1.165) is 13.0 Å². The molecule has 1 saturated heterocycles. The number of ether oxygens (including phenoxy) is 2. The van der Waals surface area contributed by atoms with Crippen molar-refractivity contribution in [3.63, 3.8) is 0 Å². The van der Waals surface area contributed by atoms with Gasteiger partial charge in [0.1, 0.15) is 11.4 Å². The highest BCUT2D eigenvalue weighted by molar-refractivity contribution is 7.89. The van der Waals surface area contributed by atoms with Crippen molar-refractivity contribution in [3.8, 4) is 5.75 Å². The summed E-state index contributed by atoms with van der Waals surface area (Å²) in [6.45, 7) is 1.67. The third-order valence-corrected chi connectivity index (χ3v) is 8.19. The molecular formula is C18H21NO4S2. The fourth-order valence-corrected chi connectivity index (χ4v) is 6.32. The second kappa shape index (κ2) is 6.39. The van der Waals surface area contributed by atoms with Gasteiger partial charge >= 0.3 is 0 Å². The van der Waals surface area contributed by atoms with Gasteiger partial charge in [-0.15, -0.1) is 11.3 Å². The number of hydrogen-bond acceptors (Lipinski definition) is 5. The quantitative estimate of drug-likeness (QED) is 0.823. The SMILES string of the molecule is COc1ccc(S(=O)(=O)N2CCC3(CC2)OCCc2ccsc23)cc1. The first-order valence-electron chi connectivity index (χ1n) is 8.40. The number of benzene rings is 1. The molecule has 1 aromatic heterocycles. The minimum atomic E-state index is -3.48. The number of hydrogen-bond donors (Lipinski definition) is 0. The molecule has 134 valence electrons. The smallest absolute Gasteiger partial charge is 0.243 e. The zero-order valence-corrected chi connectivity index (χ0v) is 15.7. The molecule has 0 amide bonds. The Morgan fingerprint density at radius 1 is 1.16 bits per heavy atom. The Kier molecular flexibility index (Phi) is 4.35. The van der Waals surface area contributed by atoms with Crippen molar-refractivity contribution in [1.82, 2.24) is 4.31 Å². The lowest BCUT2D eigenvalue weighted by Crippen LogP contribution is -2.47. The number of nitrogens with zero attached hydrogens (tertiary/aromatic N) is 1. The maximum absolute atomic E-state index is 12.9. The minimum absolute atomic E-state index is 0.298. The molecule has 4 rings (SSSR count). The Balaban J connectivity index is 1.54. The van der Waals surface area contributed by atoms with Crippen LogP contribution in [0.4, 0.5) is 0 Å². The summed E-state index contributed by atoms with van der Waals surface area (Å²) in [4.78, 5) is 1.60. The summed E-state index contributed by atoms with van der Waals surface area (Å²) in [6, 6.07) is 8.74. The normalized spacial score (nSPS) is 20.4. The fraction of sp³-hybridized carbons (Fsp3) is 0.444. The standard InChI is InChI=1S/C18H21NO4S2/c1-22-15-2-4-16(5-3-15)25(20,21)19-10-8-18(9-11-19)17-14(6-12-23-18)7-13-24-17/h2-5,7,13H,6,8-12H2,1H3. The molecule has 0 saturated carbocycles. The second-order valence-electron chi connectivity index (χ2n) is 6.45. The highest BCUT2D eigenvalue weighted by Crippen LogP contribution is 2.44. The van der Waals surface area contributed by atoms with Crippen LogP contribution in [-0.4, -0.2) is 39.5 Å². The van der Waals surface area contributed by atoms with E-state index in [9.17, 15) is 8.42 Å². The van der Waals surface area contributed by atoms with Gasteiger partial charge < -0.3 is 9.47 Å². The van der Waals surface area contributed by atoms with E-state index < -0.39 is 10.0 Å². The Morgan fingerprint density at radius 2 is 1.88 bits per heavy atom. The molecule has 0 aliphatic carbocycles. The van der Waals surface area contributed by atoms with Crippen molar-refractivity contribution in [1.29, 1.82) is 0 Å². The predicted molar refractivity (Wildman–Crippen MR) is 96.6 cm³/mol. The maximum Gasteiger partial charge on any atom is 0.243 e. The molecule has 2 aromatic rings. The van der Waals surface area contributed by atoms with Crippen LogP contribution in [0, 0.1) is 0 Å². The fourth-order valence-electron chi connectivity index (χ4n) is 3.71. The van der Waals surface area contributed by atoms with Crippen LogP contribution in [0.1, 0.15) is 23.3 Å². The summed E-state index contributed by atoms with van der Waals surface area (Å²) in [6.07, 6.45) is 2.36. The van der Waals surface area contributed by atoms with E-state index in [-0.39, 0.29) is 5.60 Å².